The Balaban J connectivity index is 1.97. The molecule has 0 saturated carbocycles. The molecule has 1 aromatic rings. The zero-order valence-corrected chi connectivity index (χ0v) is 14.5. The minimum atomic E-state index is -2.94. The summed E-state index contributed by atoms with van der Waals surface area (Å²) in [6.07, 6.45) is 1.01. The molecule has 1 amide bonds. The summed E-state index contributed by atoms with van der Waals surface area (Å²) >= 11 is 5.90. The van der Waals surface area contributed by atoms with E-state index in [0.717, 1.165) is 32.6 Å². The van der Waals surface area contributed by atoms with Crippen LogP contribution in [0.5, 0.6) is 5.75 Å². The normalized spacial score (nSPS) is 18.2. The fourth-order valence-electron chi connectivity index (χ4n) is 2.64. The largest absolute Gasteiger partial charge is 0.433 e. The third-order valence-corrected chi connectivity index (χ3v) is 4.39. The number of likely N-dealkylation sites (N-methyl/N-ethyl adjacent to an activating group) is 1. The van der Waals surface area contributed by atoms with Crippen molar-refractivity contribution in [3.8, 4) is 5.75 Å². The molecule has 1 saturated heterocycles. The molecule has 0 aromatic heterocycles. The molecule has 24 heavy (non-hydrogen) atoms. The highest BCUT2D eigenvalue weighted by Crippen LogP contribution is 2.29. The molecule has 1 fully saturated rings. The molecule has 1 aromatic carbocycles. The van der Waals surface area contributed by atoms with E-state index in [9.17, 15) is 13.6 Å². The van der Waals surface area contributed by atoms with E-state index in [1.807, 2.05) is 6.92 Å². The number of nitrogens with zero attached hydrogens (tertiary/aromatic N) is 2. The Kier molecular flexibility index (Phi) is 6.77. The Hall–Kier alpha value is -1.44. The minimum absolute atomic E-state index is 0.0251. The lowest BCUT2D eigenvalue weighted by atomic mass is 10.2. The summed E-state index contributed by atoms with van der Waals surface area (Å²) in [7, 11) is 2.07. The average Bonchev–Trinajstić information content (AvgIpc) is 2.73. The number of hydrogen-bond acceptors (Lipinski definition) is 4. The summed E-state index contributed by atoms with van der Waals surface area (Å²) < 4.78 is 28.7. The Morgan fingerprint density at radius 1 is 1.29 bits per heavy atom. The Labute approximate surface area is 145 Å². The maximum absolute atomic E-state index is 12.4. The number of alkyl halides is 2. The topological polar surface area (TPSA) is 44.8 Å². The molecule has 1 heterocycles. The fourth-order valence-corrected chi connectivity index (χ4v) is 2.86. The molecule has 5 nitrogen and oxygen atoms in total. The Bertz CT molecular complexity index is 574. The molecule has 1 aliphatic rings. The van der Waals surface area contributed by atoms with Gasteiger partial charge in [-0.2, -0.15) is 8.78 Å². The van der Waals surface area contributed by atoms with Gasteiger partial charge in [-0.3, -0.25) is 9.69 Å². The number of ether oxygens (including phenoxy) is 1. The van der Waals surface area contributed by atoms with Gasteiger partial charge in [-0.15, -0.1) is 0 Å². The van der Waals surface area contributed by atoms with E-state index in [-0.39, 0.29) is 22.7 Å². The van der Waals surface area contributed by atoms with E-state index in [1.165, 1.54) is 18.2 Å². The van der Waals surface area contributed by atoms with E-state index in [2.05, 4.69) is 26.9 Å². The van der Waals surface area contributed by atoms with Crippen molar-refractivity contribution in [1.82, 2.24) is 9.80 Å². The second kappa shape index (κ2) is 8.60. The van der Waals surface area contributed by atoms with Crippen LogP contribution in [-0.2, 0) is 4.79 Å². The Morgan fingerprint density at radius 3 is 2.71 bits per heavy atom. The number of amides is 1. The summed E-state index contributed by atoms with van der Waals surface area (Å²) in [5.74, 6) is -0.272. The molecule has 8 heteroatoms. The lowest BCUT2D eigenvalue weighted by Crippen LogP contribution is -2.43. The van der Waals surface area contributed by atoms with E-state index < -0.39 is 6.61 Å². The van der Waals surface area contributed by atoms with E-state index in [1.54, 1.807) is 0 Å². The number of benzene rings is 1. The maximum atomic E-state index is 12.4. The lowest BCUT2D eigenvalue weighted by Gasteiger charge is -2.26. The third-order valence-electron chi connectivity index (χ3n) is 4.10. The number of carbonyl (C=O) groups is 1. The van der Waals surface area contributed by atoms with Gasteiger partial charge in [0.05, 0.1) is 11.1 Å². The van der Waals surface area contributed by atoms with E-state index in [4.69, 9.17) is 11.6 Å². The molecule has 1 aliphatic heterocycles. The van der Waals surface area contributed by atoms with E-state index >= 15 is 0 Å². The quantitative estimate of drug-likeness (QED) is 0.876. The van der Waals surface area contributed by atoms with Gasteiger partial charge in [0.25, 0.3) is 0 Å². The first-order valence-corrected chi connectivity index (χ1v) is 8.22. The second-order valence-corrected chi connectivity index (χ2v) is 6.29. The highest BCUT2D eigenvalue weighted by molar-refractivity contribution is 6.32. The molecule has 1 N–H and O–H groups in total. The first-order valence-electron chi connectivity index (χ1n) is 7.84. The predicted octanol–water partition coefficient (Wildman–Crippen LogP) is 2.91. The van der Waals surface area contributed by atoms with Crippen molar-refractivity contribution in [3.05, 3.63) is 23.2 Å². The highest BCUT2D eigenvalue weighted by atomic mass is 35.5. The van der Waals surface area contributed by atoms with Crippen molar-refractivity contribution in [2.45, 2.75) is 26.0 Å². The maximum Gasteiger partial charge on any atom is 0.387 e. The van der Waals surface area contributed by atoms with Crippen LogP contribution in [0.1, 0.15) is 13.3 Å². The number of anilines is 1. The molecule has 134 valence electrons. The van der Waals surface area contributed by atoms with Gasteiger partial charge in [-0.1, -0.05) is 11.6 Å². The van der Waals surface area contributed by atoms with Crippen molar-refractivity contribution in [2.75, 3.05) is 38.5 Å². The van der Waals surface area contributed by atoms with Gasteiger partial charge < -0.3 is 15.0 Å². The molecule has 0 spiro atoms. The zero-order valence-electron chi connectivity index (χ0n) is 13.8. The van der Waals surface area contributed by atoms with Crippen molar-refractivity contribution >= 4 is 23.2 Å². The van der Waals surface area contributed by atoms with Gasteiger partial charge in [0.1, 0.15) is 5.75 Å². The number of nitrogens with one attached hydrogen (secondary N) is 1. The summed E-state index contributed by atoms with van der Waals surface area (Å²) in [6, 6.07) is 3.92. The smallest absolute Gasteiger partial charge is 0.387 e. The summed E-state index contributed by atoms with van der Waals surface area (Å²) in [5.41, 5.74) is 0.449. The lowest BCUT2D eigenvalue weighted by molar-refractivity contribution is -0.120. The van der Waals surface area contributed by atoms with Gasteiger partial charge in [-0.05, 0) is 45.1 Å². The van der Waals surface area contributed by atoms with E-state index in [0.29, 0.717) is 5.69 Å². The molecule has 1 atom stereocenters. The third kappa shape index (κ3) is 5.29. The van der Waals surface area contributed by atoms with Crippen molar-refractivity contribution in [2.24, 2.45) is 0 Å². The predicted molar refractivity (Wildman–Crippen MR) is 89.9 cm³/mol. The zero-order chi connectivity index (χ0) is 17.7. The number of carbonyl (C=O) groups excluding carboxylic acids is 1. The fraction of sp³-hybridized carbons (Fsp3) is 0.562. The van der Waals surface area contributed by atoms with Crippen LogP contribution < -0.4 is 10.1 Å². The van der Waals surface area contributed by atoms with Crippen molar-refractivity contribution in [3.63, 3.8) is 0 Å². The average molecular weight is 362 g/mol. The van der Waals surface area contributed by atoms with Crippen LogP contribution in [0.2, 0.25) is 5.02 Å². The summed E-state index contributed by atoms with van der Waals surface area (Å²) in [6.45, 7) is 2.55. The number of hydrogen-bond donors (Lipinski definition) is 1. The monoisotopic (exact) mass is 361 g/mol. The highest BCUT2D eigenvalue weighted by Gasteiger charge is 2.23. The van der Waals surface area contributed by atoms with Gasteiger partial charge in [0.15, 0.2) is 0 Å². The second-order valence-electron chi connectivity index (χ2n) is 5.88. The van der Waals surface area contributed by atoms with Gasteiger partial charge in [-0.25, -0.2) is 0 Å². The standard InChI is InChI=1S/C16H22ClF2N3O2/c1-11(22-7-3-6-21(2)8-9-22)15(23)20-12-4-5-14(13(17)10-12)24-16(18)19/h4-5,10-11,16H,3,6-9H2,1-2H3,(H,20,23)/t11-/m0/s1. The molecule has 2 rings (SSSR count). The van der Waals surface area contributed by atoms with Crippen LogP contribution in [0.25, 0.3) is 0 Å². The van der Waals surface area contributed by atoms with Crippen molar-refractivity contribution in [1.29, 1.82) is 0 Å². The van der Waals surface area contributed by atoms with Crippen LogP contribution in [0, 0.1) is 0 Å². The molecule has 0 aliphatic carbocycles. The van der Waals surface area contributed by atoms with Gasteiger partial charge in [0.2, 0.25) is 5.91 Å². The van der Waals surface area contributed by atoms with Crippen LogP contribution >= 0.6 is 11.6 Å². The van der Waals surface area contributed by atoms with Crippen LogP contribution in [0.15, 0.2) is 18.2 Å². The molecule has 0 bridgehead atoms. The molecule has 0 unspecified atom stereocenters. The van der Waals surface area contributed by atoms with Crippen LogP contribution in [0.3, 0.4) is 0 Å². The van der Waals surface area contributed by atoms with Gasteiger partial charge >= 0.3 is 6.61 Å². The summed E-state index contributed by atoms with van der Waals surface area (Å²) in [4.78, 5) is 16.8. The molecule has 0 radical (unpaired) electrons. The first kappa shape index (κ1) is 18.9. The van der Waals surface area contributed by atoms with Crippen LogP contribution in [0.4, 0.5) is 14.5 Å². The minimum Gasteiger partial charge on any atom is -0.433 e. The number of halogens is 3. The van der Waals surface area contributed by atoms with Crippen molar-refractivity contribution < 1.29 is 18.3 Å². The number of rotatable bonds is 5. The Morgan fingerprint density at radius 2 is 2.04 bits per heavy atom. The van der Waals surface area contributed by atoms with Gasteiger partial charge in [0, 0.05) is 25.3 Å². The summed E-state index contributed by atoms with van der Waals surface area (Å²) in [5, 5.41) is 2.80. The molecular weight excluding hydrogens is 340 g/mol. The SMILES string of the molecule is C[C@@H](C(=O)Nc1ccc(OC(F)F)c(Cl)c1)N1CCCN(C)CC1. The van der Waals surface area contributed by atoms with Crippen LogP contribution in [-0.4, -0.2) is 61.6 Å². The first-order chi connectivity index (χ1) is 11.4. The molecular formula is C16H22ClF2N3O2.